The largest absolute Gasteiger partial charge is 0.503 e. The van der Waals surface area contributed by atoms with Crippen LogP contribution in [0.3, 0.4) is 0 Å². The van der Waals surface area contributed by atoms with E-state index in [9.17, 15) is 20.4 Å². The minimum atomic E-state index is -1.28. The number of unbranched alkanes of at least 4 members (excludes halogenated alkanes) is 6. The molecule has 0 aromatic heterocycles. The molecule has 0 radical (unpaired) electrons. The van der Waals surface area contributed by atoms with E-state index in [2.05, 4.69) is 13.8 Å². The zero-order valence-electron chi connectivity index (χ0n) is 14.1. The molecular formula is C17H30O6. The van der Waals surface area contributed by atoms with Gasteiger partial charge in [-0.2, -0.15) is 0 Å². The summed E-state index contributed by atoms with van der Waals surface area (Å²) in [5.41, 5.74) is 0. The van der Waals surface area contributed by atoms with Gasteiger partial charge < -0.3 is 29.9 Å². The van der Waals surface area contributed by atoms with Gasteiger partial charge in [-0.25, -0.2) is 0 Å². The molecule has 4 N–H and O–H groups in total. The average molecular weight is 330 g/mol. The van der Waals surface area contributed by atoms with Crippen LogP contribution in [0.5, 0.6) is 0 Å². The molecule has 1 unspecified atom stereocenters. The Kier molecular flexibility index (Phi) is 8.69. The van der Waals surface area contributed by atoms with Gasteiger partial charge in [-0.05, 0) is 12.3 Å². The third-order valence-electron chi connectivity index (χ3n) is 3.81. The van der Waals surface area contributed by atoms with E-state index in [0.717, 1.165) is 25.2 Å². The van der Waals surface area contributed by atoms with Crippen molar-refractivity contribution in [2.75, 3.05) is 6.61 Å². The third kappa shape index (κ3) is 7.03. The van der Waals surface area contributed by atoms with Gasteiger partial charge in [-0.3, -0.25) is 0 Å². The maximum Gasteiger partial charge on any atom is 0.327 e. The molecule has 1 aliphatic heterocycles. The summed E-state index contributed by atoms with van der Waals surface area (Å²) in [6, 6.07) is 0. The van der Waals surface area contributed by atoms with Crippen LogP contribution in [0.4, 0.5) is 0 Å². The second kappa shape index (κ2) is 10.3. The summed E-state index contributed by atoms with van der Waals surface area (Å²) in [4.78, 5) is 0. The lowest BCUT2D eigenvalue weighted by molar-refractivity contribution is -0.149. The van der Waals surface area contributed by atoms with Crippen molar-refractivity contribution >= 4 is 0 Å². The summed E-state index contributed by atoms with van der Waals surface area (Å²) < 4.78 is 10.0. The fourth-order valence-electron chi connectivity index (χ4n) is 2.39. The molecule has 0 spiro atoms. The molecule has 0 aromatic rings. The molecule has 6 nitrogen and oxygen atoms in total. The van der Waals surface area contributed by atoms with Crippen LogP contribution in [0, 0.1) is 5.92 Å². The van der Waals surface area contributed by atoms with Crippen molar-refractivity contribution in [2.45, 2.75) is 71.5 Å². The zero-order valence-corrected chi connectivity index (χ0v) is 14.1. The van der Waals surface area contributed by atoms with Gasteiger partial charge in [0, 0.05) is 0 Å². The number of aliphatic hydroxyl groups excluding tert-OH is 4. The number of hydrogen-bond donors (Lipinski definition) is 4. The molecule has 1 heterocycles. The van der Waals surface area contributed by atoms with E-state index in [1.54, 1.807) is 0 Å². The van der Waals surface area contributed by atoms with E-state index < -0.39 is 29.5 Å². The molecule has 1 aliphatic rings. The zero-order chi connectivity index (χ0) is 17.2. The minimum absolute atomic E-state index is 0.337. The van der Waals surface area contributed by atoms with Gasteiger partial charge in [0.15, 0.2) is 0 Å². The van der Waals surface area contributed by atoms with E-state index in [1.807, 2.05) is 0 Å². The lowest BCUT2D eigenvalue weighted by atomic mass is 10.0. The first-order valence-corrected chi connectivity index (χ1v) is 8.46. The van der Waals surface area contributed by atoms with Gasteiger partial charge in [0.25, 0.3) is 6.29 Å². The molecule has 0 amide bonds. The molecule has 134 valence electrons. The lowest BCUT2D eigenvalue weighted by Gasteiger charge is -2.22. The topological polar surface area (TPSA) is 99.4 Å². The number of aliphatic hydroxyl groups is 4. The first-order chi connectivity index (χ1) is 10.9. The van der Waals surface area contributed by atoms with Crippen LogP contribution < -0.4 is 0 Å². The van der Waals surface area contributed by atoms with Crippen molar-refractivity contribution in [3.63, 3.8) is 0 Å². The SMILES string of the molecule is CC(C)CCCCCCCCCOC1OC(O)=C(O)C(O)=C1O. The lowest BCUT2D eigenvalue weighted by Crippen LogP contribution is -2.26. The highest BCUT2D eigenvalue weighted by atomic mass is 16.7. The van der Waals surface area contributed by atoms with Gasteiger partial charge in [-0.1, -0.05) is 58.8 Å². The Balaban J connectivity index is 2.04. The van der Waals surface area contributed by atoms with Crippen LogP contribution in [-0.2, 0) is 9.47 Å². The molecule has 6 heteroatoms. The fraction of sp³-hybridized carbons (Fsp3) is 0.765. The molecule has 1 rings (SSSR count). The van der Waals surface area contributed by atoms with Crippen molar-refractivity contribution < 1.29 is 29.9 Å². The van der Waals surface area contributed by atoms with E-state index in [-0.39, 0.29) is 0 Å². The molecule has 1 atom stereocenters. The summed E-state index contributed by atoms with van der Waals surface area (Å²) in [5, 5.41) is 37.3. The van der Waals surface area contributed by atoms with Crippen LogP contribution in [0.25, 0.3) is 0 Å². The molecule has 0 aliphatic carbocycles. The van der Waals surface area contributed by atoms with Crippen molar-refractivity contribution in [1.82, 2.24) is 0 Å². The second-order valence-electron chi connectivity index (χ2n) is 6.37. The summed E-state index contributed by atoms with van der Waals surface area (Å²) in [6.45, 7) is 4.84. The van der Waals surface area contributed by atoms with Crippen molar-refractivity contribution in [3.8, 4) is 0 Å². The molecular weight excluding hydrogens is 300 g/mol. The maximum absolute atomic E-state index is 9.56. The van der Waals surface area contributed by atoms with Crippen LogP contribution >= 0.6 is 0 Å². The van der Waals surface area contributed by atoms with Gasteiger partial charge >= 0.3 is 5.95 Å². The van der Waals surface area contributed by atoms with Crippen LogP contribution in [0.15, 0.2) is 23.2 Å². The monoisotopic (exact) mass is 330 g/mol. The summed E-state index contributed by atoms with van der Waals surface area (Å²) in [6.07, 6.45) is 8.04. The number of hydrogen-bond acceptors (Lipinski definition) is 6. The van der Waals surface area contributed by atoms with E-state index in [0.29, 0.717) is 6.61 Å². The number of rotatable bonds is 11. The Morgan fingerprint density at radius 1 is 0.870 bits per heavy atom. The van der Waals surface area contributed by atoms with E-state index >= 15 is 0 Å². The van der Waals surface area contributed by atoms with Gasteiger partial charge in [-0.15, -0.1) is 0 Å². The highest BCUT2D eigenvalue weighted by molar-refractivity contribution is 5.25. The summed E-state index contributed by atoms with van der Waals surface area (Å²) >= 11 is 0. The molecule has 0 fully saturated rings. The maximum atomic E-state index is 9.56. The second-order valence-corrected chi connectivity index (χ2v) is 6.37. The Morgan fingerprint density at radius 2 is 1.43 bits per heavy atom. The first kappa shape index (κ1) is 19.5. The molecule has 0 saturated carbocycles. The number of ether oxygens (including phenoxy) is 2. The predicted molar refractivity (Wildman–Crippen MR) is 87.2 cm³/mol. The van der Waals surface area contributed by atoms with Crippen molar-refractivity contribution in [1.29, 1.82) is 0 Å². The summed E-state index contributed by atoms with van der Waals surface area (Å²) in [5.74, 6) is -2.41. The standard InChI is InChI=1S/C17H30O6/c1-12(2)10-8-6-4-3-5-7-9-11-22-17-15(20)13(18)14(19)16(21)23-17/h12,17-21H,3-11H2,1-2H3. The first-order valence-electron chi connectivity index (χ1n) is 8.46. The normalized spacial score (nSPS) is 18.7. The van der Waals surface area contributed by atoms with E-state index in [1.165, 1.54) is 32.1 Å². The quantitative estimate of drug-likeness (QED) is 0.408. The smallest absolute Gasteiger partial charge is 0.327 e. The van der Waals surface area contributed by atoms with Gasteiger partial charge in [0.1, 0.15) is 0 Å². The van der Waals surface area contributed by atoms with E-state index in [4.69, 9.17) is 9.47 Å². The fourth-order valence-corrected chi connectivity index (χ4v) is 2.39. The van der Waals surface area contributed by atoms with Crippen LogP contribution in [0.1, 0.15) is 65.2 Å². The molecule has 0 saturated heterocycles. The van der Waals surface area contributed by atoms with Gasteiger partial charge in [0.2, 0.25) is 17.3 Å². The Labute approximate surface area is 138 Å². The highest BCUT2D eigenvalue weighted by Gasteiger charge is 2.31. The Morgan fingerprint density at radius 3 is 2.04 bits per heavy atom. The van der Waals surface area contributed by atoms with Crippen molar-refractivity contribution in [3.05, 3.63) is 23.2 Å². The summed E-state index contributed by atoms with van der Waals surface area (Å²) in [7, 11) is 0. The predicted octanol–water partition coefficient (Wildman–Crippen LogP) is 4.75. The van der Waals surface area contributed by atoms with Crippen LogP contribution in [0.2, 0.25) is 0 Å². The minimum Gasteiger partial charge on any atom is -0.503 e. The highest BCUT2D eigenvalue weighted by Crippen LogP contribution is 2.24. The molecule has 0 aromatic carbocycles. The van der Waals surface area contributed by atoms with Crippen LogP contribution in [-0.4, -0.2) is 33.3 Å². The Bertz CT molecular complexity index is 413. The molecule has 23 heavy (non-hydrogen) atoms. The molecule has 0 bridgehead atoms. The van der Waals surface area contributed by atoms with Crippen molar-refractivity contribution in [2.24, 2.45) is 5.92 Å². The van der Waals surface area contributed by atoms with Gasteiger partial charge in [0.05, 0.1) is 6.61 Å². The third-order valence-corrected chi connectivity index (χ3v) is 3.81. The Hall–Kier alpha value is -1.56. The average Bonchev–Trinajstić information content (AvgIpc) is 2.51.